The second-order valence-corrected chi connectivity index (χ2v) is 5.38. The first-order valence-corrected chi connectivity index (χ1v) is 7.31. The number of para-hydroxylation sites is 1. The van der Waals surface area contributed by atoms with Crippen molar-refractivity contribution in [3.63, 3.8) is 0 Å². The van der Waals surface area contributed by atoms with Crippen LogP contribution < -0.4 is 10.1 Å². The second-order valence-electron chi connectivity index (χ2n) is 5.38. The Hall–Kier alpha value is -2.56. The molecule has 3 rings (SSSR count). The molecule has 0 radical (unpaired) electrons. The number of fused-ring (bicyclic) bond motifs is 1. The van der Waals surface area contributed by atoms with Crippen LogP contribution >= 0.6 is 0 Å². The number of hydrogen-bond donors (Lipinski definition) is 2. The highest BCUT2D eigenvalue weighted by atomic mass is 16.5. The lowest BCUT2D eigenvalue weighted by Crippen LogP contribution is -2.29. The molecular formula is C17H18N2O3. The van der Waals surface area contributed by atoms with E-state index in [-0.39, 0.29) is 5.92 Å². The Labute approximate surface area is 129 Å². The van der Waals surface area contributed by atoms with Gasteiger partial charge in [0.2, 0.25) is 0 Å². The molecule has 1 atom stereocenters. The van der Waals surface area contributed by atoms with E-state index in [0.29, 0.717) is 13.2 Å². The van der Waals surface area contributed by atoms with Crippen molar-refractivity contribution in [3.05, 3.63) is 47.8 Å². The van der Waals surface area contributed by atoms with E-state index in [1.807, 2.05) is 37.3 Å². The third kappa shape index (κ3) is 2.74. The third-order valence-corrected chi connectivity index (χ3v) is 3.99. The fraction of sp³-hybridized carbons (Fsp3) is 0.294. The van der Waals surface area contributed by atoms with Crippen LogP contribution in [0.15, 0.2) is 36.5 Å². The molecule has 1 aliphatic rings. The number of ether oxygens (including phenoxy) is 1. The van der Waals surface area contributed by atoms with Gasteiger partial charge in [-0.25, -0.2) is 4.79 Å². The van der Waals surface area contributed by atoms with E-state index in [2.05, 4.69) is 10.3 Å². The number of nitrogens with one attached hydrogen (secondary N) is 1. The number of aromatic nitrogens is 1. The molecule has 1 unspecified atom stereocenters. The summed E-state index contributed by atoms with van der Waals surface area (Å²) in [5.41, 5.74) is 4.07. The van der Waals surface area contributed by atoms with Gasteiger partial charge in [-0.15, -0.1) is 0 Å². The van der Waals surface area contributed by atoms with Crippen LogP contribution in [0.2, 0.25) is 0 Å². The summed E-state index contributed by atoms with van der Waals surface area (Å²) in [6.07, 6.45) is 1.59. The molecule has 0 aliphatic carbocycles. The molecule has 1 amide bonds. The zero-order valence-electron chi connectivity index (χ0n) is 12.4. The first-order valence-electron chi connectivity index (χ1n) is 7.31. The van der Waals surface area contributed by atoms with Crippen molar-refractivity contribution in [3.8, 4) is 16.9 Å². The van der Waals surface area contributed by atoms with Crippen LogP contribution in [0.25, 0.3) is 11.1 Å². The number of benzene rings is 1. The first kappa shape index (κ1) is 14.4. The maximum absolute atomic E-state index is 10.7. The van der Waals surface area contributed by atoms with Crippen LogP contribution in [-0.4, -0.2) is 29.3 Å². The summed E-state index contributed by atoms with van der Waals surface area (Å²) < 4.78 is 5.90. The Kier molecular flexibility index (Phi) is 3.96. The minimum atomic E-state index is -0.993. The van der Waals surface area contributed by atoms with Gasteiger partial charge >= 0.3 is 6.09 Å². The van der Waals surface area contributed by atoms with Crippen LogP contribution in [0.4, 0.5) is 4.79 Å². The van der Waals surface area contributed by atoms with E-state index in [4.69, 9.17) is 9.84 Å². The largest absolute Gasteiger partial charge is 0.493 e. The lowest BCUT2D eigenvalue weighted by Gasteiger charge is -2.28. The SMILES string of the molecule is Cc1ncccc1-c1cccc2c1OCCC2CNC(=O)O. The monoisotopic (exact) mass is 298 g/mol. The number of amides is 1. The van der Waals surface area contributed by atoms with E-state index in [1.54, 1.807) is 6.20 Å². The van der Waals surface area contributed by atoms with Crippen LogP contribution in [0.1, 0.15) is 23.6 Å². The fourth-order valence-corrected chi connectivity index (χ4v) is 2.90. The summed E-state index contributed by atoms with van der Waals surface area (Å²) in [6, 6.07) is 9.96. The highest BCUT2D eigenvalue weighted by molar-refractivity contribution is 5.74. The summed E-state index contributed by atoms with van der Waals surface area (Å²) >= 11 is 0. The Morgan fingerprint density at radius 2 is 2.18 bits per heavy atom. The standard InChI is InChI=1S/C17H18N2O3/c1-11-13(6-3-8-18-11)15-5-2-4-14-12(10-19-17(20)21)7-9-22-16(14)15/h2-6,8,12,19H,7,9-10H2,1H3,(H,20,21). The zero-order valence-corrected chi connectivity index (χ0v) is 12.4. The lowest BCUT2D eigenvalue weighted by atomic mass is 9.89. The normalized spacial score (nSPS) is 16.5. The molecular weight excluding hydrogens is 280 g/mol. The summed E-state index contributed by atoms with van der Waals surface area (Å²) in [5.74, 6) is 0.985. The molecule has 2 aromatic rings. The number of pyridine rings is 1. The van der Waals surface area contributed by atoms with Gasteiger partial charge in [-0.3, -0.25) is 4.98 Å². The minimum absolute atomic E-state index is 0.136. The zero-order chi connectivity index (χ0) is 15.5. The molecule has 22 heavy (non-hydrogen) atoms. The maximum Gasteiger partial charge on any atom is 0.404 e. The summed E-state index contributed by atoms with van der Waals surface area (Å²) in [6.45, 7) is 2.97. The van der Waals surface area contributed by atoms with Crippen molar-refractivity contribution >= 4 is 6.09 Å². The summed E-state index contributed by atoms with van der Waals surface area (Å²) in [7, 11) is 0. The predicted octanol–water partition coefficient (Wildman–Crippen LogP) is 3.19. The third-order valence-electron chi connectivity index (χ3n) is 3.99. The average Bonchev–Trinajstić information content (AvgIpc) is 2.53. The van der Waals surface area contributed by atoms with Crippen molar-refractivity contribution in [2.45, 2.75) is 19.3 Å². The predicted molar refractivity (Wildman–Crippen MR) is 83.3 cm³/mol. The highest BCUT2D eigenvalue weighted by Gasteiger charge is 2.25. The van der Waals surface area contributed by atoms with E-state index in [9.17, 15) is 4.79 Å². The summed E-state index contributed by atoms with van der Waals surface area (Å²) in [5, 5.41) is 11.3. The lowest BCUT2D eigenvalue weighted by molar-refractivity contribution is 0.191. The molecule has 0 saturated heterocycles. The number of nitrogens with zero attached hydrogens (tertiary/aromatic N) is 1. The second kappa shape index (κ2) is 6.05. The Morgan fingerprint density at radius 1 is 1.36 bits per heavy atom. The van der Waals surface area contributed by atoms with Gasteiger partial charge in [0, 0.05) is 35.5 Å². The van der Waals surface area contributed by atoms with Crippen LogP contribution in [0.5, 0.6) is 5.75 Å². The smallest absolute Gasteiger partial charge is 0.404 e. The molecule has 1 aliphatic heterocycles. The molecule has 1 aromatic heterocycles. The van der Waals surface area contributed by atoms with E-state index >= 15 is 0 Å². The number of carbonyl (C=O) groups is 1. The Bertz CT molecular complexity index is 700. The van der Waals surface area contributed by atoms with Gasteiger partial charge in [0.15, 0.2) is 0 Å². The fourth-order valence-electron chi connectivity index (χ4n) is 2.90. The van der Waals surface area contributed by atoms with Gasteiger partial charge in [0.05, 0.1) is 6.61 Å². The van der Waals surface area contributed by atoms with Crippen LogP contribution in [0, 0.1) is 6.92 Å². The first-order chi connectivity index (χ1) is 10.7. The molecule has 0 bridgehead atoms. The van der Waals surface area contributed by atoms with Crippen LogP contribution in [-0.2, 0) is 0 Å². The molecule has 5 nitrogen and oxygen atoms in total. The molecule has 5 heteroatoms. The van der Waals surface area contributed by atoms with Crippen molar-refractivity contribution in [1.82, 2.24) is 10.3 Å². The van der Waals surface area contributed by atoms with Gasteiger partial charge in [0.25, 0.3) is 0 Å². The van der Waals surface area contributed by atoms with Crippen LogP contribution in [0.3, 0.4) is 0 Å². The molecule has 114 valence electrons. The van der Waals surface area contributed by atoms with E-state index < -0.39 is 6.09 Å². The number of aryl methyl sites for hydroxylation is 1. The van der Waals surface area contributed by atoms with Crippen molar-refractivity contribution < 1.29 is 14.6 Å². The molecule has 2 N–H and O–H groups in total. The molecule has 0 saturated carbocycles. The number of carboxylic acid groups (broad SMARTS) is 1. The molecule has 0 fully saturated rings. The van der Waals surface area contributed by atoms with Crippen molar-refractivity contribution in [2.24, 2.45) is 0 Å². The summed E-state index contributed by atoms with van der Waals surface area (Å²) in [4.78, 5) is 15.1. The maximum atomic E-state index is 10.7. The topological polar surface area (TPSA) is 71.5 Å². The van der Waals surface area contributed by atoms with Gasteiger partial charge < -0.3 is 15.2 Å². The highest BCUT2D eigenvalue weighted by Crippen LogP contribution is 2.41. The van der Waals surface area contributed by atoms with Crippen molar-refractivity contribution in [2.75, 3.05) is 13.2 Å². The molecule has 2 heterocycles. The van der Waals surface area contributed by atoms with E-state index in [0.717, 1.165) is 34.6 Å². The van der Waals surface area contributed by atoms with E-state index in [1.165, 1.54) is 0 Å². The minimum Gasteiger partial charge on any atom is -0.493 e. The number of rotatable bonds is 3. The van der Waals surface area contributed by atoms with Gasteiger partial charge in [-0.2, -0.15) is 0 Å². The average molecular weight is 298 g/mol. The van der Waals surface area contributed by atoms with Gasteiger partial charge in [-0.1, -0.05) is 24.3 Å². The molecule has 0 spiro atoms. The Morgan fingerprint density at radius 3 is 2.95 bits per heavy atom. The van der Waals surface area contributed by atoms with Crippen molar-refractivity contribution in [1.29, 1.82) is 0 Å². The Balaban J connectivity index is 2.00. The molecule has 1 aromatic carbocycles. The number of hydrogen-bond acceptors (Lipinski definition) is 3. The quantitative estimate of drug-likeness (QED) is 0.913. The van der Waals surface area contributed by atoms with Gasteiger partial charge in [-0.05, 0) is 25.0 Å². The van der Waals surface area contributed by atoms with Gasteiger partial charge in [0.1, 0.15) is 5.75 Å².